The van der Waals surface area contributed by atoms with Gasteiger partial charge in [0.05, 0.1) is 48.2 Å². The summed E-state index contributed by atoms with van der Waals surface area (Å²) in [7, 11) is 0. The number of ether oxygens (including phenoxy) is 7. The number of benzene rings is 3. The van der Waals surface area contributed by atoms with Crippen LogP contribution >= 0.6 is 0 Å². The maximum absolute atomic E-state index is 16.4. The van der Waals surface area contributed by atoms with Crippen molar-refractivity contribution in [2.75, 3.05) is 32.8 Å². The lowest BCUT2D eigenvalue weighted by Gasteiger charge is -2.67. The fourth-order valence-corrected chi connectivity index (χ4v) is 13.9. The highest BCUT2D eigenvalue weighted by Crippen LogP contribution is 2.65. The van der Waals surface area contributed by atoms with Gasteiger partial charge in [0, 0.05) is 63.7 Å². The molecule has 3 saturated heterocycles. The Hall–Kier alpha value is -7.61. The fourth-order valence-electron chi connectivity index (χ4n) is 13.9. The number of hydrogen-bond acceptors (Lipinski definition) is 20. The first kappa shape index (κ1) is 64.9. The molecule has 5 amide bonds. The summed E-state index contributed by atoms with van der Waals surface area (Å²) in [5.74, 6) is -8.27. The number of unbranched alkanes of at least 4 members (excludes halogenated alkanes) is 3. The van der Waals surface area contributed by atoms with Gasteiger partial charge in [0.2, 0.25) is 5.91 Å². The molecule has 24 nitrogen and oxygen atoms in total. The van der Waals surface area contributed by atoms with E-state index in [9.17, 15) is 58.8 Å². The number of Topliss-reactive ketones (excluding diaryl/α,β-unsaturated/α-hetero) is 1. The molecule has 3 heterocycles. The third-order valence-electron chi connectivity index (χ3n) is 18.6. The lowest BCUT2D eigenvalue weighted by atomic mass is 9.44. The normalized spacial score (nSPS) is 31.3. The van der Waals surface area contributed by atoms with Gasteiger partial charge in [-0.25, -0.2) is 19.2 Å². The maximum atomic E-state index is 16.4. The third-order valence-corrected chi connectivity index (χ3v) is 18.6. The predicted octanol–water partition coefficient (Wildman–Crippen LogP) is 4.40. The average Bonchev–Trinajstić information content (AvgIpc) is 0.708. The number of urea groups is 1. The van der Waals surface area contributed by atoms with Crippen LogP contribution in [0.25, 0.3) is 0 Å². The molecule has 9 rings (SSSR count). The van der Waals surface area contributed by atoms with Crippen LogP contribution in [0.5, 0.6) is 0 Å². The molecular weight excluding hydrogens is 1140 g/mol. The summed E-state index contributed by atoms with van der Waals surface area (Å²) >= 11 is 0. The number of rotatable bonds is 20. The zero-order valence-corrected chi connectivity index (χ0v) is 50.3. The van der Waals surface area contributed by atoms with Gasteiger partial charge in [-0.2, -0.15) is 0 Å². The number of esters is 4. The van der Waals surface area contributed by atoms with Crippen LogP contribution in [0.4, 0.5) is 9.59 Å². The van der Waals surface area contributed by atoms with Crippen LogP contribution in [-0.4, -0.2) is 183 Å². The summed E-state index contributed by atoms with van der Waals surface area (Å²) in [6.07, 6.45) is -13.0. The molecule has 24 heteroatoms. The Labute approximate surface area is 509 Å². The Morgan fingerprint density at radius 1 is 0.807 bits per heavy atom. The SMILES string of the molecule is CC(=O)O[C@H]1C(=O)C2(C)[C@@H](OC(=O)NCCCCCCN3C(=O)C(C)CN([C@@H]4CC(O)[C@H](CO)O4)C3=O)C[C@H]3OC[C@@]3(OC(C)=O)[C@H]2[C@H](OC(=O)c2ccccc2)[C@]2(O)C[C@H](OC(=O)[C@H](O)[C@@H](NC(=O)c3ccccc3)c3ccccc3)C(C)=C1C2(C)C. The van der Waals surface area contributed by atoms with Gasteiger partial charge in [-0.1, -0.05) is 100 Å². The van der Waals surface area contributed by atoms with Crippen LogP contribution in [-0.2, 0) is 57.1 Å². The molecule has 0 spiro atoms. The Morgan fingerprint density at radius 3 is 2.05 bits per heavy atom. The molecule has 0 radical (unpaired) electrons. The second-order valence-electron chi connectivity index (χ2n) is 24.5. The van der Waals surface area contributed by atoms with Crippen molar-refractivity contribution in [3.05, 3.63) is 119 Å². The summed E-state index contributed by atoms with van der Waals surface area (Å²) in [5.41, 5.74) is -7.90. The minimum atomic E-state index is -2.53. The van der Waals surface area contributed by atoms with E-state index in [1.165, 1.54) is 44.7 Å². The molecule has 5 fully saturated rings. The molecule has 6 N–H and O–H groups in total. The number of aliphatic hydroxyl groups is 4. The fraction of sp³-hybridized carbons (Fsp3) is 0.547. The van der Waals surface area contributed by atoms with Gasteiger partial charge in [0.15, 0.2) is 23.6 Å². The molecule has 15 atom stereocenters. The Bertz CT molecular complexity index is 3160. The van der Waals surface area contributed by atoms with Gasteiger partial charge in [-0.15, -0.1) is 0 Å². The first-order valence-corrected chi connectivity index (χ1v) is 29.8. The molecule has 88 heavy (non-hydrogen) atoms. The molecular formula is C64H78N4O20. The van der Waals surface area contributed by atoms with E-state index < -0.39 is 162 Å². The van der Waals surface area contributed by atoms with Crippen molar-refractivity contribution in [2.45, 2.75) is 166 Å². The average molecular weight is 1220 g/mol. The third kappa shape index (κ3) is 12.3. The molecule has 2 bridgehead atoms. The second kappa shape index (κ2) is 26.2. The van der Waals surface area contributed by atoms with E-state index in [1.54, 1.807) is 85.8 Å². The monoisotopic (exact) mass is 1220 g/mol. The van der Waals surface area contributed by atoms with Gasteiger partial charge in [-0.05, 0) is 67.7 Å². The lowest BCUT2D eigenvalue weighted by Crippen LogP contribution is -2.82. The van der Waals surface area contributed by atoms with Crippen molar-refractivity contribution in [3.8, 4) is 0 Å². The maximum Gasteiger partial charge on any atom is 0.407 e. The number of alkyl carbamates (subject to hydrolysis) is 1. The number of amides is 5. The van der Waals surface area contributed by atoms with Crippen molar-refractivity contribution in [1.29, 1.82) is 0 Å². The minimum Gasteiger partial charge on any atom is -0.456 e. The number of hydrogen-bond donors (Lipinski definition) is 6. The lowest BCUT2D eigenvalue weighted by molar-refractivity contribution is -0.345. The van der Waals surface area contributed by atoms with Gasteiger partial charge in [-0.3, -0.25) is 33.8 Å². The summed E-state index contributed by atoms with van der Waals surface area (Å²) in [6.45, 7) is 9.24. The van der Waals surface area contributed by atoms with E-state index in [2.05, 4.69) is 10.6 Å². The summed E-state index contributed by atoms with van der Waals surface area (Å²) in [6, 6.07) is 22.0. The van der Waals surface area contributed by atoms with E-state index in [0.717, 1.165) is 18.7 Å². The second-order valence-corrected chi connectivity index (χ2v) is 24.5. The van der Waals surface area contributed by atoms with Gasteiger partial charge < -0.3 is 64.2 Å². The van der Waals surface area contributed by atoms with E-state index >= 15 is 4.79 Å². The van der Waals surface area contributed by atoms with Crippen LogP contribution in [0.1, 0.15) is 126 Å². The largest absolute Gasteiger partial charge is 0.456 e. The number of nitrogens with zero attached hydrogens (tertiary/aromatic N) is 2. The number of imide groups is 1. The molecule has 0 aromatic heterocycles. The van der Waals surface area contributed by atoms with Gasteiger partial charge in [0.25, 0.3) is 5.91 Å². The van der Waals surface area contributed by atoms with Crippen LogP contribution in [0.3, 0.4) is 0 Å². The number of carbonyl (C=O) groups excluding carboxylic acids is 9. The number of ketones is 1. The number of nitrogens with one attached hydrogen (secondary N) is 2. The van der Waals surface area contributed by atoms with E-state index in [4.69, 9.17) is 33.2 Å². The molecule has 3 aliphatic carbocycles. The Morgan fingerprint density at radius 2 is 1.44 bits per heavy atom. The van der Waals surface area contributed by atoms with E-state index in [1.807, 2.05) is 0 Å². The standard InChI is InChI=1S/C64H78N4O20/c1-35-32-68(47-29-42(72)44(33-69)84-47)60(80)67(56(35)76)28-20-9-8-19-27-65-59(79)86-45-30-46-63(34-82-46,88-38(4)71)52-54(87-57(77)41-25-17-12-18-26-41)64(81)31-43(36(2)48(61(64,5)6)51(83-37(3)70)53(74)62(45,52)7)85-58(78)50(73)49(39-21-13-10-14-22-39)66-55(75)40-23-15-11-16-24-40/h10-18,21-26,35,42-47,49-52,54,69,72-73,81H,8-9,19-20,27-34H2,1-7H3,(H,65,79)(H,66,75)/t35?,42?,43-,44-,45-,46+,47-,49-,50+,51+,52-,54-,62?,63-,64+/m0/s1. The molecule has 3 unspecified atom stereocenters. The number of fused-ring (bicyclic) bond motifs is 5. The highest BCUT2D eigenvalue weighted by molar-refractivity contribution is 5.98. The van der Waals surface area contributed by atoms with Crippen LogP contribution in [0, 0.1) is 22.7 Å². The molecule has 3 aliphatic heterocycles. The van der Waals surface area contributed by atoms with E-state index in [-0.39, 0.29) is 60.7 Å². The molecule has 474 valence electrons. The molecule has 6 aliphatic rings. The molecule has 3 aromatic carbocycles. The zero-order valence-electron chi connectivity index (χ0n) is 50.3. The van der Waals surface area contributed by atoms with E-state index in [0.29, 0.717) is 31.2 Å². The van der Waals surface area contributed by atoms with Crippen molar-refractivity contribution in [2.24, 2.45) is 22.7 Å². The first-order chi connectivity index (χ1) is 41.8. The van der Waals surface area contributed by atoms with Crippen molar-refractivity contribution in [1.82, 2.24) is 20.4 Å². The van der Waals surface area contributed by atoms with Crippen molar-refractivity contribution < 1.29 is 96.7 Å². The smallest absolute Gasteiger partial charge is 0.407 e. The topological polar surface area (TPSA) is 330 Å². The number of carbonyl (C=O) groups is 9. The van der Waals surface area contributed by atoms with Crippen molar-refractivity contribution >= 4 is 53.6 Å². The zero-order chi connectivity index (χ0) is 63.6. The quantitative estimate of drug-likeness (QED) is 0.0395. The predicted molar refractivity (Wildman–Crippen MR) is 308 cm³/mol. The Balaban J connectivity index is 1.02. The summed E-state index contributed by atoms with van der Waals surface area (Å²) in [5, 5.41) is 51.5. The van der Waals surface area contributed by atoms with Crippen molar-refractivity contribution in [3.63, 3.8) is 0 Å². The summed E-state index contributed by atoms with van der Waals surface area (Å²) in [4.78, 5) is 130. The highest BCUT2D eigenvalue weighted by Gasteiger charge is 2.79. The summed E-state index contributed by atoms with van der Waals surface area (Å²) < 4.78 is 43.2. The first-order valence-electron chi connectivity index (χ1n) is 29.8. The molecule has 3 aromatic rings. The molecule has 2 saturated carbocycles. The number of aliphatic hydroxyl groups excluding tert-OH is 3. The van der Waals surface area contributed by atoms with Crippen LogP contribution < -0.4 is 10.6 Å². The Kier molecular flexibility index (Phi) is 19.3. The minimum absolute atomic E-state index is 0.00401. The highest BCUT2D eigenvalue weighted by atomic mass is 16.6. The van der Waals surface area contributed by atoms with Crippen LogP contribution in [0.15, 0.2) is 102 Å². The van der Waals surface area contributed by atoms with Gasteiger partial charge in [0.1, 0.15) is 42.3 Å². The van der Waals surface area contributed by atoms with Gasteiger partial charge >= 0.3 is 36.0 Å². The van der Waals surface area contributed by atoms with Crippen LogP contribution in [0.2, 0.25) is 0 Å².